The van der Waals surface area contributed by atoms with Gasteiger partial charge in [-0.25, -0.2) is 9.37 Å². The van der Waals surface area contributed by atoms with Crippen LogP contribution in [0.5, 0.6) is 0 Å². The van der Waals surface area contributed by atoms with Crippen LogP contribution in [0.3, 0.4) is 0 Å². The van der Waals surface area contributed by atoms with Crippen molar-refractivity contribution >= 4 is 11.8 Å². The van der Waals surface area contributed by atoms with E-state index in [1.165, 1.54) is 0 Å². The number of aryl methyl sites for hydroxylation is 1. The molecule has 102 valence electrons. The summed E-state index contributed by atoms with van der Waals surface area (Å²) in [5, 5.41) is 6.68. The molecule has 2 aromatic heterocycles. The smallest absolute Gasteiger partial charge is 0.246 e. The van der Waals surface area contributed by atoms with E-state index < -0.39 is 5.82 Å². The van der Waals surface area contributed by atoms with Crippen LogP contribution >= 0.6 is 0 Å². The molecule has 0 atom stereocenters. The Labute approximate surface area is 109 Å². The van der Waals surface area contributed by atoms with Crippen molar-refractivity contribution in [2.45, 2.75) is 19.9 Å². The van der Waals surface area contributed by atoms with Crippen molar-refractivity contribution in [3.8, 4) is 0 Å². The Morgan fingerprint density at radius 3 is 2.79 bits per heavy atom. The molecule has 0 saturated carbocycles. The second kappa shape index (κ2) is 5.59. The van der Waals surface area contributed by atoms with Crippen LogP contribution in [0, 0.1) is 5.82 Å². The van der Waals surface area contributed by atoms with Gasteiger partial charge in [-0.15, -0.1) is 0 Å². The monoisotopic (exact) mass is 266 g/mol. The lowest BCUT2D eigenvalue weighted by Gasteiger charge is -2.12. The highest BCUT2D eigenvalue weighted by molar-refractivity contribution is 5.42. The van der Waals surface area contributed by atoms with Crippen molar-refractivity contribution in [2.24, 2.45) is 0 Å². The van der Waals surface area contributed by atoms with Gasteiger partial charge in [-0.05, 0) is 0 Å². The molecule has 0 aliphatic rings. The number of hydrogen-bond acceptors (Lipinski definition) is 7. The number of anilines is 2. The summed E-state index contributed by atoms with van der Waals surface area (Å²) < 4.78 is 18.4. The van der Waals surface area contributed by atoms with Crippen LogP contribution in [0.2, 0.25) is 0 Å². The number of rotatable bonds is 5. The molecule has 0 amide bonds. The molecule has 0 aliphatic heterocycles. The molecule has 0 bridgehead atoms. The highest BCUT2D eigenvalue weighted by Crippen LogP contribution is 2.14. The quantitative estimate of drug-likeness (QED) is 0.872. The van der Waals surface area contributed by atoms with E-state index in [0.29, 0.717) is 30.6 Å². The van der Waals surface area contributed by atoms with Crippen molar-refractivity contribution in [2.75, 3.05) is 24.3 Å². The van der Waals surface area contributed by atoms with Gasteiger partial charge in [0.1, 0.15) is 0 Å². The highest BCUT2D eigenvalue weighted by atomic mass is 19.1. The van der Waals surface area contributed by atoms with Gasteiger partial charge in [0.2, 0.25) is 11.8 Å². The van der Waals surface area contributed by atoms with Gasteiger partial charge in [0, 0.05) is 20.5 Å². The number of halogens is 1. The van der Waals surface area contributed by atoms with Gasteiger partial charge in [0.15, 0.2) is 17.5 Å². The van der Waals surface area contributed by atoms with Gasteiger partial charge in [-0.1, -0.05) is 12.1 Å². The molecule has 0 radical (unpaired) electrons. The summed E-state index contributed by atoms with van der Waals surface area (Å²) in [4.78, 5) is 13.6. The third-order valence-corrected chi connectivity index (χ3v) is 2.37. The molecular formula is C11H15FN6O. The highest BCUT2D eigenvalue weighted by Gasteiger charge is 2.10. The molecule has 19 heavy (non-hydrogen) atoms. The molecule has 8 heteroatoms. The summed E-state index contributed by atoms with van der Waals surface area (Å²) in [6.07, 6.45) is 1.83. The fourth-order valence-corrected chi connectivity index (χ4v) is 1.42. The molecule has 2 heterocycles. The predicted molar refractivity (Wildman–Crippen MR) is 67.3 cm³/mol. The average molecular weight is 266 g/mol. The summed E-state index contributed by atoms with van der Waals surface area (Å²) in [6, 6.07) is 0. The number of hydrogen-bond donors (Lipinski definition) is 1. The zero-order valence-electron chi connectivity index (χ0n) is 11.0. The minimum absolute atomic E-state index is 0.220. The first-order chi connectivity index (χ1) is 9.10. The van der Waals surface area contributed by atoms with Gasteiger partial charge >= 0.3 is 0 Å². The maximum absolute atomic E-state index is 13.4. The molecule has 0 saturated heterocycles. The van der Waals surface area contributed by atoms with Gasteiger partial charge in [-0.3, -0.25) is 0 Å². The first-order valence-electron chi connectivity index (χ1n) is 5.85. The molecule has 0 spiro atoms. The summed E-state index contributed by atoms with van der Waals surface area (Å²) >= 11 is 0. The van der Waals surface area contributed by atoms with Crippen molar-refractivity contribution < 1.29 is 8.91 Å². The zero-order valence-corrected chi connectivity index (χ0v) is 11.0. The summed E-state index contributed by atoms with van der Waals surface area (Å²) in [5.74, 6) is 1.14. The fourth-order valence-electron chi connectivity index (χ4n) is 1.42. The van der Waals surface area contributed by atoms with Gasteiger partial charge < -0.3 is 14.7 Å². The van der Waals surface area contributed by atoms with E-state index in [2.05, 4.69) is 25.4 Å². The van der Waals surface area contributed by atoms with Crippen molar-refractivity contribution in [3.05, 3.63) is 23.7 Å². The van der Waals surface area contributed by atoms with Crippen molar-refractivity contribution in [3.63, 3.8) is 0 Å². The zero-order chi connectivity index (χ0) is 13.8. The van der Waals surface area contributed by atoms with E-state index in [0.717, 1.165) is 6.20 Å². The Morgan fingerprint density at radius 2 is 2.16 bits per heavy atom. The topological polar surface area (TPSA) is 80.0 Å². The van der Waals surface area contributed by atoms with Crippen LogP contribution in [0.1, 0.15) is 18.6 Å². The van der Waals surface area contributed by atoms with Crippen LogP contribution in [0.15, 0.2) is 10.7 Å². The van der Waals surface area contributed by atoms with Crippen LogP contribution in [0.4, 0.5) is 16.2 Å². The lowest BCUT2D eigenvalue weighted by Crippen LogP contribution is -2.15. The predicted octanol–water partition coefficient (Wildman–Crippen LogP) is 1.24. The Bertz CT molecular complexity index is 556. The molecule has 2 rings (SSSR count). The molecule has 0 aromatic carbocycles. The number of aromatic nitrogens is 4. The number of nitrogens with zero attached hydrogens (tertiary/aromatic N) is 5. The van der Waals surface area contributed by atoms with E-state index in [-0.39, 0.29) is 5.82 Å². The third kappa shape index (κ3) is 3.15. The minimum Gasteiger partial charge on any atom is -0.360 e. The van der Waals surface area contributed by atoms with Crippen LogP contribution < -0.4 is 10.2 Å². The fraction of sp³-hybridized carbons (Fsp3) is 0.455. The van der Waals surface area contributed by atoms with Crippen LogP contribution in [-0.2, 0) is 13.0 Å². The lowest BCUT2D eigenvalue weighted by molar-refractivity contribution is 0.378. The van der Waals surface area contributed by atoms with E-state index in [4.69, 9.17) is 4.52 Å². The van der Waals surface area contributed by atoms with Gasteiger partial charge in [-0.2, -0.15) is 9.97 Å². The van der Waals surface area contributed by atoms with E-state index in [9.17, 15) is 4.39 Å². The van der Waals surface area contributed by atoms with Crippen molar-refractivity contribution in [1.82, 2.24) is 20.1 Å². The maximum atomic E-state index is 13.4. The largest absolute Gasteiger partial charge is 0.360 e. The van der Waals surface area contributed by atoms with Gasteiger partial charge in [0.05, 0.1) is 12.7 Å². The Balaban J connectivity index is 2.05. The third-order valence-electron chi connectivity index (χ3n) is 2.37. The van der Waals surface area contributed by atoms with E-state index >= 15 is 0 Å². The Kier molecular flexibility index (Phi) is 3.88. The summed E-state index contributed by atoms with van der Waals surface area (Å²) in [6.45, 7) is 2.24. The average Bonchev–Trinajstić information content (AvgIpc) is 2.85. The van der Waals surface area contributed by atoms with E-state index in [1.807, 2.05) is 6.92 Å². The standard InChI is InChI=1S/C11H15FN6O/c1-4-8-15-9(19-17-8)6-14-11-13-5-7(12)10(16-11)18(2)3/h5H,4,6H2,1-3H3,(H,13,14,16). The maximum Gasteiger partial charge on any atom is 0.246 e. The molecule has 0 unspecified atom stereocenters. The van der Waals surface area contributed by atoms with E-state index in [1.54, 1.807) is 19.0 Å². The first-order valence-corrected chi connectivity index (χ1v) is 5.85. The number of nitrogens with one attached hydrogen (secondary N) is 1. The molecule has 0 fully saturated rings. The molecule has 2 aromatic rings. The van der Waals surface area contributed by atoms with Crippen LogP contribution in [0.25, 0.3) is 0 Å². The Morgan fingerprint density at radius 1 is 1.37 bits per heavy atom. The lowest BCUT2D eigenvalue weighted by atomic mass is 10.5. The summed E-state index contributed by atoms with van der Waals surface area (Å²) in [7, 11) is 3.42. The second-order valence-electron chi connectivity index (χ2n) is 4.07. The Hall–Kier alpha value is -2.25. The van der Waals surface area contributed by atoms with Crippen molar-refractivity contribution in [1.29, 1.82) is 0 Å². The SMILES string of the molecule is CCc1noc(CNc2ncc(F)c(N(C)C)n2)n1. The molecular weight excluding hydrogens is 251 g/mol. The normalized spacial score (nSPS) is 10.5. The molecule has 0 aliphatic carbocycles. The first kappa shape index (κ1) is 13.2. The molecule has 7 nitrogen and oxygen atoms in total. The van der Waals surface area contributed by atoms with Gasteiger partial charge in [0.25, 0.3) is 0 Å². The minimum atomic E-state index is -0.471. The molecule has 1 N–H and O–H groups in total. The van der Waals surface area contributed by atoms with Crippen LogP contribution in [-0.4, -0.2) is 34.2 Å². The second-order valence-corrected chi connectivity index (χ2v) is 4.07. The summed E-state index contributed by atoms with van der Waals surface area (Å²) in [5.41, 5.74) is 0.